The highest BCUT2D eigenvalue weighted by Gasteiger charge is 2.46. The van der Waals surface area contributed by atoms with Gasteiger partial charge < -0.3 is 15.5 Å². The summed E-state index contributed by atoms with van der Waals surface area (Å²) in [5.41, 5.74) is 5.09. The Labute approximate surface area is 206 Å². The van der Waals surface area contributed by atoms with E-state index in [1.165, 1.54) is 5.56 Å². The summed E-state index contributed by atoms with van der Waals surface area (Å²) >= 11 is 0. The van der Waals surface area contributed by atoms with Gasteiger partial charge in [0.2, 0.25) is 5.91 Å². The van der Waals surface area contributed by atoms with Crippen LogP contribution in [0.4, 0.5) is 5.69 Å². The van der Waals surface area contributed by atoms with Gasteiger partial charge in [0.1, 0.15) is 0 Å². The van der Waals surface area contributed by atoms with Crippen molar-refractivity contribution >= 4 is 17.5 Å². The number of hydrogen-bond acceptors (Lipinski definition) is 4. The predicted octanol–water partition coefficient (Wildman–Crippen LogP) is 4.53. The molecule has 2 saturated heterocycles. The minimum absolute atomic E-state index is 0.0586. The summed E-state index contributed by atoms with van der Waals surface area (Å²) in [4.78, 5) is 31.8. The van der Waals surface area contributed by atoms with E-state index in [2.05, 4.69) is 39.9 Å². The van der Waals surface area contributed by atoms with E-state index in [0.29, 0.717) is 38.2 Å². The monoisotopic (exact) mass is 468 g/mol. The number of piperidine rings is 2. The Morgan fingerprint density at radius 1 is 1.09 bits per heavy atom. The molecule has 5 rings (SSSR count). The highest BCUT2D eigenvalue weighted by atomic mass is 16.2. The van der Waals surface area contributed by atoms with Gasteiger partial charge in [-0.05, 0) is 66.1 Å². The fraction of sp³-hybridized carbons (Fsp3) is 0.345. The van der Waals surface area contributed by atoms with Gasteiger partial charge in [0.25, 0.3) is 5.91 Å². The Hall–Kier alpha value is -3.67. The average molecular weight is 469 g/mol. The Kier molecular flexibility index (Phi) is 6.53. The smallest absolute Gasteiger partial charge is 0.253 e. The first-order valence-corrected chi connectivity index (χ1v) is 12.4. The van der Waals surface area contributed by atoms with Crippen molar-refractivity contribution in [1.29, 1.82) is 0 Å². The Bertz CT molecular complexity index is 1190. The van der Waals surface area contributed by atoms with Crippen LogP contribution in [0.1, 0.15) is 52.2 Å². The number of pyridine rings is 1. The third-order valence-electron chi connectivity index (χ3n) is 7.72. The summed E-state index contributed by atoms with van der Waals surface area (Å²) in [7, 11) is 0. The summed E-state index contributed by atoms with van der Waals surface area (Å²) in [5.74, 6) is 0.464. The van der Waals surface area contributed by atoms with Crippen molar-refractivity contribution < 1.29 is 9.59 Å². The molecule has 180 valence electrons. The molecule has 0 saturated carbocycles. The first kappa shape index (κ1) is 23.1. The number of aryl methyl sites for hydroxylation is 1. The zero-order valence-corrected chi connectivity index (χ0v) is 20.2. The standard InChI is InChI=1S/C29H32N4O2/c1-21-7-8-24(17-26(21)31-19-22-9-13-30-14-10-22)28(35)33-15-11-29(12-16-33)18-27(34)32-20-25(29)23-5-3-2-4-6-23/h2-10,13-14,17,25,31H,11-12,15-16,18-20H2,1H3,(H,32,34)/t25-/m0/s1. The van der Waals surface area contributed by atoms with E-state index in [1.54, 1.807) is 12.4 Å². The average Bonchev–Trinajstić information content (AvgIpc) is 2.89. The van der Waals surface area contributed by atoms with E-state index in [9.17, 15) is 9.59 Å². The van der Waals surface area contributed by atoms with Gasteiger partial charge in [-0.1, -0.05) is 36.4 Å². The molecule has 0 bridgehead atoms. The molecule has 2 aliphatic heterocycles. The van der Waals surface area contributed by atoms with Gasteiger partial charge in [-0.2, -0.15) is 0 Å². The maximum atomic E-state index is 13.4. The zero-order chi connectivity index (χ0) is 24.3. The van der Waals surface area contributed by atoms with Crippen molar-refractivity contribution in [2.24, 2.45) is 5.41 Å². The summed E-state index contributed by atoms with van der Waals surface area (Å²) in [6.07, 6.45) is 5.77. The minimum Gasteiger partial charge on any atom is -0.381 e. The Balaban J connectivity index is 1.28. The molecule has 2 aromatic carbocycles. The number of likely N-dealkylation sites (tertiary alicyclic amines) is 1. The summed E-state index contributed by atoms with van der Waals surface area (Å²) in [6.45, 7) is 4.73. The molecule has 2 fully saturated rings. The lowest BCUT2D eigenvalue weighted by molar-refractivity contribution is -0.127. The van der Waals surface area contributed by atoms with Crippen LogP contribution < -0.4 is 10.6 Å². The quantitative estimate of drug-likeness (QED) is 0.577. The maximum Gasteiger partial charge on any atom is 0.253 e. The van der Waals surface area contributed by atoms with E-state index < -0.39 is 0 Å². The molecule has 0 radical (unpaired) electrons. The number of nitrogens with zero attached hydrogens (tertiary/aromatic N) is 2. The second-order valence-corrected chi connectivity index (χ2v) is 9.84. The molecule has 35 heavy (non-hydrogen) atoms. The van der Waals surface area contributed by atoms with E-state index >= 15 is 0 Å². The van der Waals surface area contributed by atoms with Gasteiger partial charge in [0.15, 0.2) is 0 Å². The highest BCUT2D eigenvalue weighted by Crippen LogP contribution is 2.48. The molecule has 3 aromatic rings. The molecule has 3 heterocycles. The summed E-state index contributed by atoms with van der Waals surface area (Å²) in [5, 5.41) is 6.53. The number of aromatic nitrogens is 1. The van der Waals surface area contributed by atoms with Crippen LogP contribution >= 0.6 is 0 Å². The lowest BCUT2D eigenvalue weighted by Gasteiger charge is -2.49. The van der Waals surface area contributed by atoms with E-state index in [0.717, 1.165) is 29.7 Å². The van der Waals surface area contributed by atoms with Crippen LogP contribution in [0.3, 0.4) is 0 Å². The van der Waals surface area contributed by atoms with Crippen molar-refractivity contribution in [3.8, 4) is 0 Å². The number of hydrogen-bond donors (Lipinski definition) is 2. The molecule has 6 heteroatoms. The van der Waals surface area contributed by atoms with Crippen molar-refractivity contribution in [2.45, 2.75) is 38.6 Å². The van der Waals surface area contributed by atoms with Crippen molar-refractivity contribution in [2.75, 3.05) is 25.0 Å². The van der Waals surface area contributed by atoms with Crippen molar-refractivity contribution in [1.82, 2.24) is 15.2 Å². The van der Waals surface area contributed by atoms with E-state index in [1.807, 2.05) is 48.2 Å². The normalized spacial score (nSPS) is 19.3. The van der Waals surface area contributed by atoms with Crippen LogP contribution in [0.15, 0.2) is 73.1 Å². The summed E-state index contributed by atoms with van der Waals surface area (Å²) < 4.78 is 0. The molecular weight excluding hydrogens is 436 g/mol. The largest absolute Gasteiger partial charge is 0.381 e. The molecule has 0 unspecified atom stereocenters. The number of benzene rings is 2. The van der Waals surface area contributed by atoms with E-state index in [-0.39, 0.29) is 23.1 Å². The third-order valence-corrected chi connectivity index (χ3v) is 7.72. The number of amides is 2. The van der Waals surface area contributed by atoms with Crippen LogP contribution in [-0.2, 0) is 11.3 Å². The van der Waals surface area contributed by atoms with Gasteiger partial charge in [-0.25, -0.2) is 0 Å². The molecule has 6 nitrogen and oxygen atoms in total. The third kappa shape index (κ3) is 4.92. The van der Waals surface area contributed by atoms with Gasteiger partial charge in [-0.15, -0.1) is 0 Å². The maximum absolute atomic E-state index is 13.4. The molecule has 1 atom stereocenters. The SMILES string of the molecule is Cc1ccc(C(=O)N2CCC3(CC2)CC(=O)NC[C@H]3c2ccccc2)cc1NCc1ccncc1. The van der Waals surface area contributed by atoms with Crippen LogP contribution in [0.25, 0.3) is 0 Å². The fourth-order valence-electron chi connectivity index (χ4n) is 5.60. The van der Waals surface area contributed by atoms with E-state index in [4.69, 9.17) is 0 Å². The predicted molar refractivity (Wildman–Crippen MR) is 137 cm³/mol. The number of carbonyl (C=O) groups excluding carboxylic acids is 2. The fourth-order valence-corrected chi connectivity index (χ4v) is 5.60. The molecule has 2 aliphatic rings. The van der Waals surface area contributed by atoms with Gasteiger partial charge in [0.05, 0.1) is 0 Å². The van der Waals surface area contributed by atoms with Gasteiger partial charge in [-0.3, -0.25) is 14.6 Å². The lowest BCUT2D eigenvalue weighted by atomic mass is 9.62. The molecule has 1 aromatic heterocycles. The van der Waals surface area contributed by atoms with Crippen LogP contribution in [0.5, 0.6) is 0 Å². The second-order valence-electron chi connectivity index (χ2n) is 9.84. The van der Waals surface area contributed by atoms with Gasteiger partial charge in [0, 0.05) is 62.2 Å². The van der Waals surface area contributed by atoms with Crippen LogP contribution in [0.2, 0.25) is 0 Å². The molecule has 2 N–H and O–H groups in total. The Morgan fingerprint density at radius 2 is 1.83 bits per heavy atom. The van der Waals surface area contributed by atoms with Crippen LogP contribution in [-0.4, -0.2) is 41.3 Å². The second kappa shape index (κ2) is 9.90. The minimum atomic E-state index is -0.0923. The highest BCUT2D eigenvalue weighted by molar-refractivity contribution is 5.95. The van der Waals surface area contributed by atoms with Crippen LogP contribution in [0, 0.1) is 12.3 Å². The summed E-state index contributed by atoms with van der Waals surface area (Å²) in [6, 6.07) is 20.3. The van der Waals surface area contributed by atoms with Crippen molar-refractivity contribution in [3.05, 3.63) is 95.3 Å². The first-order chi connectivity index (χ1) is 17.0. The van der Waals surface area contributed by atoms with Gasteiger partial charge >= 0.3 is 0 Å². The van der Waals surface area contributed by atoms with Crippen molar-refractivity contribution in [3.63, 3.8) is 0 Å². The molecule has 0 aliphatic carbocycles. The molecule has 2 amide bonds. The molecule has 1 spiro atoms. The Morgan fingerprint density at radius 3 is 2.57 bits per heavy atom. The first-order valence-electron chi connectivity index (χ1n) is 12.4. The number of nitrogens with one attached hydrogen (secondary N) is 2. The number of rotatable bonds is 5. The zero-order valence-electron chi connectivity index (χ0n) is 20.2. The number of anilines is 1. The molecular formula is C29H32N4O2. The lowest BCUT2D eigenvalue weighted by Crippen LogP contribution is -2.52. The topological polar surface area (TPSA) is 74.3 Å². The number of carbonyl (C=O) groups is 2.